The molecule has 3 amide bonds. The first kappa shape index (κ1) is 17.5. The summed E-state index contributed by atoms with van der Waals surface area (Å²) in [7, 11) is 0. The van der Waals surface area contributed by atoms with Gasteiger partial charge in [-0.3, -0.25) is 4.79 Å². The maximum Gasteiger partial charge on any atom is 0.387 e. The van der Waals surface area contributed by atoms with Gasteiger partial charge in [0, 0.05) is 0 Å². The molecule has 6 nitrogen and oxygen atoms in total. The number of carbonyl (C=O) groups is 2. The lowest BCUT2D eigenvalue weighted by molar-refractivity contribution is -0.131. The monoisotopic (exact) mass is 359 g/mol. The number of nitrogens with zero attached hydrogens (tertiary/aromatic N) is 2. The first-order valence-electron chi connectivity index (χ1n) is 7.71. The number of benzene rings is 2. The van der Waals surface area contributed by atoms with Gasteiger partial charge < -0.3 is 10.1 Å². The van der Waals surface area contributed by atoms with E-state index in [1.54, 1.807) is 24.3 Å². The zero-order valence-corrected chi connectivity index (χ0v) is 13.7. The topological polar surface area (TPSA) is 71.0 Å². The van der Waals surface area contributed by atoms with Gasteiger partial charge in [-0.25, -0.2) is 4.79 Å². The van der Waals surface area contributed by atoms with E-state index in [1.807, 2.05) is 6.07 Å². The summed E-state index contributed by atoms with van der Waals surface area (Å²) in [5.41, 5.74) is -0.195. The van der Waals surface area contributed by atoms with Gasteiger partial charge in [-0.1, -0.05) is 42.5 Å². The predicted octanol–water partition coefficient (Wildman–Crippen LogP) is 3.09. The van der Waals surface area contributed by atoms with Crippen LogP contribution >= 0.6 is 0 Å². The molecule has 0 aromatic heterocycles. The number of nitrogens with one attached hydrogen (secondary N) is 1. The van der Waals surface area contributed by atoms with Crippen molar-refractivity contribution in [2.45, 2.75) is 19.1 Å². The molecule has 134 valence electrons. The highest BCUT2D eigenvalue weighted by molar-refractivity contribution is 6.07. The number of ether oxygens (including phenoxy) is 1. The normalized spacial score (nSPS) is 20.1. The molecule has 2 aromatic carbocycles. The lowest BCUT2D eigenvalue weighted by atomic mass is 9.92. The fourth-order valence-electron chi connectivity index (χ4n) is 2.56. The average Bonchev–Trinajstić information content (AvgIpc) is 2.84. The minimum absolute atomic E-state index is 0.0388. The summed E-state index contributed by atoms with van der Waals surface area (Å²) in [5.74, 6) is -0.611. The second kappa shape index (κ2) is 6.91. The number of alkyl halides is 2. The van der Waals surface area contributed by atoms with Crippen LogP contribution in [0.5, 0.6) is 5.75 Å². The van der Waals surface area contributed by atoms with Crippen molar-refractivity contribution in [3.63, 3.8) is 0 Å². The summed E-state index contributed by atoms with van der Waals surface area (Å²) in [6.07, 6.45) is 1.41. The zero-order valence-electron chi connectivity index (χ0n) is 13.7. The number of urea groups is 1. The van der Waals surface area contributed by atoms with E-state index < -0.39 is 24.1 Å². The fourth-order valence-corrected chi connectivity index (χ4v) is 2.56. The van der Waals surface area contributed by atoms with E-state index in [-0.39, 0.29) is 5.75 Å². The van der Waals surface area contributed by atoms with Crippen molar-refractivity contribution in [2.75, 3.05) is 0 Å². The van der Waals surface area contributed by atoms with Crippen LogP contribution in [0.1, 0.15) is 18.1 Å². The molecular formula is C18H15F2N3O3. The highest BCUT2D eigenvalue weighted by Gasteiger charge is 2.49. The van der Waals surface area contributed by atoms with E-state index >= 15 is 0 Å². The second-order valence-electron chi connectivity index (χ2n) is 5.73. The Morgan fingerprint density at radius 2 is 1.77 bits per heavy atom. The number of imide groups is 1. The summed E-state index contributed by atoms with van der Waals surface area (Å²) >= 11 is 0. The average molecular weight is 359 g/mol. The highest BCUT2D eigenvalue weighted by atomic mass is 19.3. The lowest BCUT2D eigenvalue weighted by Gasteiger charge is -2.21. The molecular weight excluding hydrogens is 344 g/mol. The van der Waals surface area contributed by atoms with Crippen LogP contribution in [0, 0.1) is 0 Å². The highest BCUT2D eigenvalue weighted by Crippen LogP contribution is 2.30. The third-order valence-electron chi connectivity index (χ3n) is 3.95. The Morgan fingerprint density at radius 3 is 2.38 bits per heavy atom. The van der Waals surface area contributed by atoms with Crippen molar-refractivity contribution in [1.82, 2.24) is 10.3 Å². The zero-order chi connectivity index (χ0) is 18.7. The maximum absolute atomic E-state index is 12.7. The molecule has 1 atom stereocenters. The minimum Gasteiger partial charge on any atom is -0.435 e. The molecule has 1 heterocycles. The van der Waals surface area contributed by atoms with E-state index in [0.29, 0.717) is 5.56 Å². The number of carbonyl (C=O) groups excluding carboxylic acids is 2. The van der Waals surface area contributed by atoms with Crippen LogP contribution in [0.25, 0.3) is 0 Å². The van der Waals surface area contributed by atoms with Gasteiger partial charge >= 0.3 is 12.6 Å². The number of amides is 3. The number of hydrogen-bond acceptors (Lipinski definition) is 4. The van der Waals surface area contributed by atoms with Gasteiger partial charge in [0.25, 0.3) is 5.91 Å². The number of hydrogen-bond donors (Lipinski definition) is 1. The Labute approximate surface area is 148 Å². The van der Waals surface area contributed by atoms with Crippen molar-refractivity contribution in [1.29, 1.82) is 0 Å². The Hall–Kier alpha value is -3.29. The van der Waals surface area contributed by atoms with E-state index in [9.17, 15) is 18.4 Å². The first-order valence-corrected chi connectivity index (χ1v) is 7.71. The molecule has 2 aromatic rings. The number of hydrazone groups is 1. The van der Waals surface area contributed by atoms with Crippen LogP contribution in [-0.4, -0.2) is 29.8 Å². The molecule has 26 heavy (non-hydrogen) atoms. The smallest absolute Gasteiger partial charge is 0.387 e. The largest absolute Gasteiger partial charge is 0.435 e. The Kier molecular flexibility index (Phi) is 4.66. The quantitative estimate of drug-likeness (QED) is 0.659. The van der Waals surface area contributed by atoms with Gasteiger partial charge in [0.1, 0.15) is 11.3 Å². The van der Waals surface area contributed by atoms with Gasteiger partial charge in [0.15, 0.2) is 0 Å². The molecule has 8 heteroatoms. The summed E-state index contributed by atoms with van der Waals surface area (Å²) in [6.45, 7) is -1.42. The number of halogens is 2. The summed E-state index contributed by atoms with van der Waals surface area (Å²) in [5, 5.41) is 7.28. The second-order valence-corrected chi connectivity index (χ2v) is 5.73. The summed E-state index contributed by atoms with van der Waals surface area (Å²) in [6, 6.07) is 13.8. The molecule has 0 aliphatic carbocycles. The van der Waals surface area contributed by atoms with Crippen molar-refractivity contribution in [3.8, 4) is 5.75 Å². The van der Waals surface area contributed by atoms with E-state index in [1.165, 1.54) is 37.4 Å². The van der Waals surface area contributed by atoms with Gasteiger partial charge in [-0.2, -0.15) is 13.9 Å². The van der Waals surface area contributed by atoms with Crippen LogP contribution in [0.4, 0.5) is 13.6 Å². The van der Waals surface area contributed by atoms with Crippen molar-refractivity contribution in [3.05, 3.63) is 65.7 Å². The van der Waals surface area contributed by atoms with Gasteiger partial charge in [0.2, 0.25) is 0 Å². The summed E-state index contributed by atoms with van der Waals surface area (Å²) in [4.78, 5) is 24.9. The lowest BCUT2D eigenvalue weighted by Crippen LogP contribution is -2.40. The molecule has 1 aliphatic rings. The molecule has 0 spiro atoms. The molecule has 1 unspecified atom stereocenters. The predicted molar refractivity (Wildman–Crippen MR) is 89.8 cm³/mol. The van der Waals surface area contributed by atoms with Crippen LogP contribution < -0.4 is 10.1 Å². The Morgan fingerprint density at radius 1 is 1.12 bits per heavy atom. The van der Waals surface area contributed by atoms with Crippen LogP contribution in [0.2, 0.25) is 0 Å². The minimum atomic E-state index is -2.94. The Bertz CT molecular complexity index is 841. The molecule has 0 radical (unpaired) electrons. The van der Waals surface area contributed by atoms with E-state index in [0.717, 1.165) is 10.6 Å². The number of rotatable bonds is 5. The SMILES string of the molecule is CC1(c2ccc(OC(F)F)cc2)NC(=O)N(/N=C/c2ccccc2)C1=O. The molecule has 0 saturated carbocycles. The molecule has 3 rings (SSSR count). The van der Waals surface area contributed by atoms with Crippen LogP contribution in [0.3, 0.4) is 0 Å². The molecule has 0 bridgehead atoms. The maximum atomic E-state index is 12.7. The molecule has 1 saturated heterocycles. The van der Waals surface area contributed by atoms with Gasteiger partial charge in [-0.15, -0.1) is 5.01 Å². The van der Waals surface area contributed by atoms with Gasteiger partial charge in [-0.05, 0) is 30.2 Å². The fraction of sp³-hybridized carbons (Fsp3) is 0.167. The molecule has 1 aliphatic heterocycles. The summed E-state index contributed by atoms with van der Waals surface area (Å²) < 4.78 is 28.7. The van der Waals surface area contributed by atoms with Crippen molar-refractivity contribution >= 4 is 18.2 Å². The Balaban J connectivity index is 1.81. The third-order valence-corrected chi connectivity index (χ3v) is 3.95. The third kappa shape index (κ3) is 3.39. The molecule has 1 N–H and O–H groups in total. The van der Waals surface area contributed by atoms with E-state index in [4.69, 9.17) is 0 Å². The van der Waals surface area contributed by atoms with Crippen LogP contribution in [-0.2, 0) is 10.3 Å². The van der Waals surface area contributed by atoms with Crippen molar-refractivity contribution in [2.24, 2.45) is 5.10 Å². The molecule has 1 fully saturated rings. The van der Waals surface area contributed by atoms with Gasteiger partial charge in [0.05, 0.1) is 6.21 Å². The van der Waals surface area contributed by atoms with Crippen molar-refractivity contribution < 1.29 is 23.1 Å². The van der Waals surface area contributed by atoms with E-state index in [2.05, 4.69) is 15.2 Å². The van der Waals surface area contributed by atoms with Crippen LogP contribution in [0.15, 0.2) is 59.7 Å². The first-order chi connectivity index (χ1) is 12.4. The standard InChI is InChI=1S/C18H15F2N3O3/c1-18(13-7-9-14(10-8-13)26-16(19)20)15(24)23(17(25)22-18)21-11-12-5-3-2-4-6-12/h2-11,16H,1H3,(H,22,25)/b21-11+.